The van der Waals surface area contributed by atoms with E-state index in [1.165, 1.54) is 0 Å². The number of carboxylic acids is 1. The molecule has 5 nitrogen and oxygen atoms in total. The number of carboxylic acid groups (broad SMARTS) is 1. The number of para-hydroxylation sites is 1. The molecule has 0 aliphatic carbocycles. The highest BCUT2D eigenvalue weighted by molar-refractivity contribution is 5.74. The van der Waals surface area contributed by atoms with Crippen molar-refractivity contribution in [2.45, 2.75) is 25.3 Å². The number of aliphatic carboxylic acids is 1. The first-order valence-electron chi connectivity index (χ1n) is 6.83. The Morgan fingerprint density at radius 3 is 2.85 bits per heavy atom. The van der Waals surface area contributed by atoms with Gasteiger partial charge in [0.25, 0.3) is 0 Å². The summed E-state index contributed by atoms with van der Waals surface area (Å²) in [5.74, 6) is 0.671. The van der Waals surface area contributed by atoms with Crippen LogP contribution in [-0.2, 0) is 11.2 Å². The Balaban J connectivity index is 2.22. The number of benzene rings is 1. The molecule has 20 heavy (non-hydrogen) atoms. The second-order valence-corrected chi connectivity index (χ2v) is 5.03. The minimum atomic E-state index is -0.781. The molecule has 1 heterocycles. The molecule has 0 saturated carbocycles. The van der Waals surface area contributed by atoms with Crippen molar-refractivity contribution in [3.63, 3.8) is 0 Å². The van der Waals surface area contributed by atoms with Crippen molar-refractivity contribution in [1.29, 1.82) is 0 Å². The number of methoxy groups -OCH3 is 2. The Hall–Kier alpha value is -1.75. The lowest BCUT2D eigenvalue weighted by Crippen LogP contribution is -2.47. The number of ether oxygens (including phenoxy) is 2. The van der Waals surface area contributed by atoms with E-state index < -0.39 is 12.0 Å². The fraction of sp³-hybridized carbons (Fsp3) is 0.533. The monoisotopic (exact) mass is 279 g/mol. The van der Waals surface area contributed by atoms with E-state index in [2.05, 4.69) is 5.32 Å². The maximum atomic E-state index is 11.3. The zero-order chi connectivity index (χ0) is 14.5. The molecule has 2 rings (SSSR count). The molecule has 1 aliphatic heterocycles. The van der Waals surface area contributed by atoms with E-state index in [4.69, 9.17) is 9.47 Å². The lowest BCUT2D eigenvalue weighted by atomic mass is 9.85. The van der Waals surface area contributed by atoms with E-state index in [1.54, 1.807) is 14.2 Å². The van der Waals surface area contributed by atoms with Crippen LogP contribution in [0.4, 0.5) is 0 Å². The number of nitrogens with one attached hydrogen (secondary N) is 1. The molecule has 2 N–H and O–H groups in total. The predicted molar refractivity (Wildman–Crippen MR) is 75.4 cm³/mol. The smallest absolute Gasteiger partial charge is 0.320 e. The van der Waals surface area contributed by atoms with E-state index >= 15 is 0 Å². The molecule has 0 bridgehead atoms. The minimum Gasteiger partial charge on any atom is -0.493 e. The van der Waals surface area contributed by atoms with Crippen molar-refractivity contribution in [3.8, 4) is 11.5 Å². The van der Waals surface area contributed by atoms with Gasteiger partial charge < -0.3 is 19.9 Å². The summed E-state index contributed by atoms with van der Waals surface area (Å²) in [4.78, 5) is 11.3. The van der Waals surface area contributed by atoms with Crippen LogP contribution in [0.15, 0.2) is 18.2 Å². The van der Waals surface area contributed by atoms with Gasteiger partial charge in [-0.15, -0.1) is 0 Å². The summed E-state index contributed by atoms with van der Waals surface area (Å²) in [6, 6.07) is 5.23. The summed E-state index contributed by atoms with van der Waals surface area (Å²) < 4.78 is 10.7. The van der Waals surface area contributed by atoms with Crippen LogP contribution in [0.3, 0.4) is 0 Å². The second kappa shape index (κ2) is 6.61. The molecule has 1 saturated heterocycles. The Morgan fingerprint density at radius 2 is 2.20 bits per heavy atom. The van der Waals surface area contributed by atoms with E-state index in [0.29, 0.717) is 17.9 Å². The molecular weight excluding hydrogens is 258 g/mol. The number of carbonyl (C=O) groups is 1. The number of rotatable bonds is 5. The molecule has 2 unspecified atom stereocenters. The van der Waals surface area contributed by atoms with Crippen molar-refractivity contribution in [3.05, 3.63) is 23.8 Å². The predicted octanol–water partition coefficient (Wildman–Crippen LogP) is 1.70. The number of piperidine rings is 1. The SMILES string of the molecule is COc1cccc(CC2CCCNC2C(=O)O)c1OC. The molecule has 1 aliphatic rings. The van der Waals surface area contributed by atoms with Gasteiger partial charge in [0.2, 0.25) is 0 Å². The van der Waals surface area contributed by atoms with Crippen molar-refractivity contribution in [2.75, 3.05) is 20.8 Å². The van der Waals surface area contributed by atoms with Gasteiger partial charge in [0.1, 0.15) is 6.04 Å². The fourth-order valence-corrected chi connectivity index (χ4v) is 2.86. The van der Waals surface area contributed by atoms with E-state index in [-0.39, 0.29) is 5.92 Å². The molecule has 0 amide bonds. The van der Waals surface area contributed by atoms with Crippen LogP contribution < -0.4 is 14.8 Å². The zero-order valence-corrected chi connectivity index (χ0v) is 11.9. The Kier molecular flexibility index (Phi) is 4.84. The topological polar surface area (TPSA) is 67.8 Å². The molecule has 0 aromatic heterocycles. The van der Waals surface area contributed by atoms with Gasteiger partial charge in [-0.1, -0.05) is 12.1 Å². The molecule has 110 valence electrons. The van der Waals surface area contributed by atoms with Gasteiger partial charge in [0.15, 0.2) is 11.5 Å². The van der Waals surface area contributed by atoms with E-state index in [9.17, 15) is 9.90 Å². The molecule has 1 fully saturated rings. The van der Waals surface area contributed by atoms with Gasteiger partial charge in [0, 0.05) is 0 Å². The average molecular weight is 279 g/mol. The van der Waals surface area contributed by atoms with Gasteiger partial charge in [-0.05, 0) is 43.4 Å². The Morgan fingerprint density at radius 1 is 1.40 bits per heavy atom. The molecule has 1 aromatic carbocycles. The van der Waals surface area contributed by atoms with Crippen LogP contribution in [0, 0.1) is 5.92 Å². The van der Waals surface area contributed by atoms with E-state index in [0.717, 1.165) is 24.9 Å². The first kappa shape index (κ1) is 14.7. The van der Waals surface area contributed by atoms with Crippen molar-refractivity contribution < 1.29 is 19.4 Å². The molecule has 2 atom stereocenters. The first-order valence-corrected chi connectivity index (χ1v) is 6.83. The van der Waals surface area contributed by atoms with Crippen molar-refractivity contribution in [2.24, 2.45) is 5.92 Å². The standard InChI is InChI=1S/C15H21NO4/c1-19-12-7-3-5-11(14(12)20-2)9-10-6-4-8-16-13(10)15(17)18/h3,5,7,10,13,16H,4,6,8-9H2,1-2H3,(H,17,18). The summed E-state index contributed by atoms with van der Waals surface area (Å²) in [6.07, 6.45) is 2.58. The summed E-state index contributed by atoms with van der Waals surface area (Å²) in [5.41, 5.74) is 0.992. The third-order valence-corrected chi connectivity index (χ3v) is 3.82. The Bertz CT molecular complexity index is 475. The van der Waals surface area contributed by atoms with Crippen LogP contribution >= 0.6 is 0 Å². The lowest BCUT2D eigenvalue weighted by molar-refractivity contribution is -0.141. The third-order valence-electron chi connectivity index (χ3n) is 3.82. The van der Waals surface area contributed by atoms with Crippen LogP contribution in [0.25, 0.3) is 0 Å². The quantitative estimate of drug-likeness (QED) is 0.858. The summed E-state index contributed by atoms with van der Waals surface area (Å²) in [5, 5.41) is 12.4. The lowest BCUT2D eigenvalue weighted by Gasteiger charge is -2.30. The molecular formula is C15H21NO4. The highest BCUT2D eigenvalue weighted by Gasteiger charge is 2.31. The number of hydrogen-bond acceptors (Lipinski definition) is 4. The second-order valence-electron chi connectivity index (χ2n) is 5.03. The molecule has 0 radical (unpaired) electrons. The number of hydrogen-bond donors (Lipinski definition) is 2. The maximum Gasteiger partial charge on any atom is 0.320 e. The van der Waals surface area contributed by atoms with Crippen LogP contribution in [0.1, 0.15) is 18.4 Å². The van der Waals surface area contributed by atoms with Gasteiger partial charge in [-0.3, -0.25) is 4.79 Å². The summed E-state index contributed by atoms with van der Waals surface area (Å²) in [6.45, 7) is 0.767. The van der Waals surface area contributed by atoms with Gasteiger partial charge in [0.05, 0.1) is 14.2 Å². The van der Waals surface area contributed by atoms with Gasteiger partial charge in [-0.25, -0.2) is 0 Å². The summed E-state index contributed by atoms with van der Waals surface area (Å²) in [7, 11) is 3.21. The van der Waals surface area contributed by atoms with Crippen molar-refractivity contribution >= 4 is 5.97 Å². The van der Waals surface area contributed by atoms with Gasteiger partial charge >= 0.3 is 5.97 Å². The first-order chi connectivity index (χ1) is 9.67. The van der Waals surface area contributed by atoms with Crippen molar-refractivity contribution in [1.82, 2.24) is 5.32 Å². The van der Waals surface area contributed by atoms with Gasteiger partial charge in [-0.2, -0.15) is 0 Å². The van der Waals surface area contributed by atoms with E-state index in [1.807, 2.05) is 18.2 Å². The summed E-state index contributed by atoms with van der Waals surface area (Å²) >= 11 is 0. The highest BCUT2D eigenvalue weighted by Crippen LogP contribution is 2.34. The minimum absolute atomic E-state index is 0.0715. The third kappa shape index (κ3) is 3.04. The largest absolute Gasteiger partial charge is 0.493 e. The normalized spacial score (nSPS) is 22.3. The van der Waals surface area contributed by atoms with Crippen LogP contribution in [0.2, 0.25) is 0 Å². The van der Waals surface area contributed by atoms with Crippen LogP contribution in [-0.4, -0.2) is 37.9 Å². The zero-order valence-electron chi connectivity index (χ0n) is 11.9. The fourth-order valence-electron chi connectivity index (χ4n) is 2.86. The molecule has 0 spiro atoms. The maximum absolute atomic E-state index is 11.3. The molecule has 1 aromatic rings. The average Bonchev–Trinajstić information content (AvgIpc) is 2.47. The Labute approximate surface area is 118 Å². The highest BCUT2D eigenvalue weighted by atomic mass is 16.5. The molecule has 5 heteroatoms. The van der Waals surface area contributed by atoms with Crippen LogP contribution in [0.5, 0.6) is 11.5 Å².